The van der Waals surface area contributed by atoms with Crippen LogP contribution in [0.4, 0.5) is 0 Å². The highest BCUT2D eigenvalue weighted by atomic mass is 32.2. The zero-order valence-electron chi connectivity index (χ0n) is 11.4. The van der Waals surface area contributed by atoms with E-state index >= 15 is 0 Å². The summed E-state index contributed by atoms with van der Waals surface area (Å²) in [4.78, 5) is 0. The van der Waals surface area contributed by atoms with Gasteiger partial charge < -0.3 is 0 Å². The predicted molar refractivity (Wildman–Crippen MR) is 78.8 cm³/mol. The van der Waals surface area contributed by atoms with E-state index in [1.165, 1.54) is 0 Å². The SMILES string of the molecule is CCC1CCC(C#N)C(S(=O)Cc2ccccc2)C1. The van der Waals surface area contributed by atoms with Crippen molar-refractivity contribution >= 4 is 10.8 Å². The van der Waals surface area contributed by atoms with Gasteiger partial charge in [0.2, 0.25) is 0 Å². The quantitative estimate of drug-likeness (QED) is 0.841. The van der Waals surface area contributed by atoms with E-state index in [2.05, 4.69) is 13.0 Å². The van der Waals surface area contributed by atoms with Gasteiger partial charge in [0.1, 0.15) is 0 Å². The third-order valence-electron chi connectivity index (χ3n) is 4.13. The first kappa shape index (κ1) is 14.3. The summed E-state index contributed by atoms with van der Waals surface area (Å²) in [7, 11) is -0.932. The topological polar surface area (TPSA) is 40.9 Å². The molecule has 0 spiro atoms. The molecule has 102 valence electrons. The average Bonchev–Trinajstić information content (AvgIpc) is 2.47. The van der Waals surface area contributed by atoms with Gasteiger partial charge >= 0.3 is 0 Å². The first-order chi connectivity index (χ1) is 9.24. The van der Waals surface area contributed by atoms with Crippen LogP contribution in [0.3, 0.4) is 0 Å². The van der Waals surface area contributed by atoms with Crippen LogP contribution in [0, 0.1) is 23.2 Å². The largest absolute Gasteiger partial charge is 0.259 e. The fourth-order valence-electron chi connectivity index (χ4n) is 2.87. The van der Waals surface area contributed by atoms with Crippen molar-refractivity contribution in [3.63, 3.8) is 0 Å². The molecule has 0 aliphatic heterocycles. The highest BCUT2D eigenvalue weighted by molar-refractivity contribution is 7.84. The fourth-order valence-corrected chi connectivity index (χ4v) is 4.65. The molecule has 1 aromatic rings. The molecule has 4 unspecified atom stereocenters. The van der Waals surface area contributed by atoms with Crippen LogP contribution in [-0.4, -0.2) is 9.46 Å². The lowest BCUT2D eigenvalue weighted by Gasteiger charge is -2.31. The molecule has 0 amide bonds. The van der Waals surface area contributed by atoms with Crippen LogP contribution in [0.25, 0.3) is 0 Å². The molecule has 0 saturated heterocycles. The Morgan fingerprint density at radius 2 is 2.05 bits per heavy atom. The molecule has 19 heavy (non-hydrogen) atoms. The lowest BCUT2D eigenvalue weighted by molar-refractivity contribution is 0.313. The highest BCUT2D eigenvalue weighted by Crippen LogP contribution is 2.34. The molecule has 0 N–H and O–H groups in total. The van der Waals surface area contributed by atoms with Crippen LogP contribution in [0.1, 0.15) is 38.2 Å². The Balaban J connectivity index is 2.05. The molecule has 2 rings (SSSR count). The number of hydrogen-bond acceptors (Lipinski definition) is 2. The van der Waals surface area contributed by atoms with Crippen LogP contribution >= 0.6 is 0 Å². The van der Waals surface area contributed by atoms with Gasteiger partial charge in [-0.1, -0.05) is 43.7 Å². The second kappa shape index (κ2) is 6.86. The van der Waals surface area contributed by atoms with Gasteiger partial charge in [-0.25, -0.2) is 0 Å². The molecule has 1 aliphatic carbocycles. The number of hydrogen-bond donors (Lipinski definition) is 0. The molecule has 0 radical (unpaired) electrons. The van der Waals surface area contributed by atoms with Gasteiger partial charge in [-0.05, 0) is 30.7 Å². The molecule has 0 aromatic heterocycles. The first-order valence-corrected chi connectivity index (χ1v) is 8.43. The minimum absolute atomic E-state index is 0.0210. The van der Waals surface area contributed by atoms with Gasteiger partial charge in [-0.15, -0.1) is 0 Å². The molecule has 1 fully saturated rings. The lowest BCUT2D eigenvalue weighted by Crippen LogP contribution is -2.32. The maximum Gasteiger partial charge on any atom is 0.0668 e. The van der Waals surface area contributed by atoms with Gasteiger partial charge in [0, 0.05) is 16.6 Å². The molecule has 1 saturated carbocycles. The predicted octanol–water partition coefficient (Wildman–Crippen LogP) is 3.65. The maximum atomic E-state index is 12.6. The van der Waals surface area contributed by atoms with Gasteiger partial charge in [-0.2, -0.15) is 5.26 Å². The zero-order chi connectivity index (χ0) is 13.7. The van der Waals surface area contributed by atoms with Crippen LogP contribution in [-0.2, 0) is 16.6 Å². The van der Waals surface area contributed by atoms with E-state index in [0.29, 0.717) is 11.7 Å². The summed E-state index contributed by atoms with van der Waals surface area (Å²) in [5.41, 5.74) is 1.11. The van der Waals surface area contributed by atoms with E-state index in [1.807, 2.05) is 30.3 Å². The summed E-state index contributed by atoms with van der Waals surface area (Å²) in [6.07, 6.45) is 4.12. The van der Waals surface area contributed by atoms with E-state index < -0.39 is 10.8 Å². The summed E-state index contributed by atoms with van der Waals surface area (Å²) in [5.74, 6) is 1.21. The number of rotatable bonds is 4. The summed E-state index contributed by atoms with van der Waals surface area (Å²) in [6.45, 7) is 2.19. The van der Waals surface area contributed by atoms with Crippen molar-refractivity contribution in [2.24, 2.45) is 11.8 Å². The minimum Gasteiger partial charge on any atom is -0.259 e. The third kappa shape index (κ3) is 3.67. The first-order valence-electron chi connectivity index (χ1n) is 7.05. The van der Waals surface area contributed by atoms with Gasteiger partial charge in [0.05, 0.1) is 17.2 Å². The normalized spacial score (nSPS) is 28.5. The number of nitriles is 1. The van der Waals surface area contributed by atoms with Crippen molar-refractivity contribution < 1.29 is 4.21 Å². The van der Waals surface area contributed by atoms with E-state index in [-0.39, 0.29) is 11.2 Å². The summed E-state index contributed by atoms with van der Waals surface area (Å²) in [6, 6.07) is 12.3. The van der Waals surface area contributed by atoms with Gasteiger partial charge in [0.25, 0.3) is 0 Å². The smallest absolute Gasteiger partial charge is 0.0668 e. The van der Waals surface area contributed by atoms with Crippen molar-refractivity contribution in [1.82, 2.24) is 0 Å². The van der Waals surface area contributed by atoms with E-state index in [0.717, 1.165) is 31.2 Å². The average molecular weight is 275 g/mol. The summed E-state index contributed by atoms with van der Waals surface area (Å²) >= 11 is 0. The zero-order valence-corrected chi connectivity index (χ0v) is 12.2. The molecule has 2 nitrogen and oxygen atoms in total. The van der Waals surface area contributed by atoms with Crippen LogP contribution in [0.2, 0.25) is 0 Å². The Morgan fingerprint density at radius 1 is 1.32 bits per heavy atom. The van der Waals surface area contributed by atoms with Gasteiger partial charge in [0.15, 0.2) is 0 Å². The molecule has 0 bridgehead atoms. The standard InChI is InChI=1S/C16H21NOS/c1-2-13-8-9-15(11-17)16(10-13)19(18)12-14-6-4-3-5-7-14/h3-7,13,15-16H,2,8-10,12H2,1H3. The Hall–Kier alpha value is -1.14. The van der Waals surface area contributed by atoms with E-state index in [4.69, 9.17) is 0 Å². The third-order valence-corrected chi connectivity index (χ3v) is 5.95. The molecule has 1 aliphatic rings. The van der Waals surface area contributed by atoms with Crippen molar-refractivity contribution in [2.75, 3.05) is 0 Å². The highest BCUT2D eigenvalue weighted by Gasteiger charge is 2.33. The monoisotopic (exact) mass is 275 g/mol. The van der Waals surface area contributed by atoms with E-state index in [9.17, 15) is 9.47 Å². The Bertz CT molecular complexity index is 465. The van der Waals surface area contributed by atoms with Crippen LogP contribution < -0.4 is 0 Å². The van der Waals surface area contributed by atoms with E-state index in [1.54, 1.807) is 0 Å². The van der Waals surface area contributed by atoms with Crippen molar-refractivity contribution in [2.45, 2.75) is 43.6 Å². The van der Waals surface area contributed by atoms with Gasteiger partial charge in [-0.3, -0.25) is 4.21 Å². The molecular formula is C16H21NOS. The number of nitrogens with zero attached hydrogens (tertiary/aromatic N) is 1. The Kier molecular flexibility index (Phi) is 5.15. The van der Waals surface area contributed by atoms with Crippen LogP contribution in [0.15, 0.2) is 30.3 Å². The van der Waals surface area contributed by atoms with Crippen molar-refractivity contribution in [3.05, 3.63) is 35.9 Å². The Labute approximate surface area is 118 Å². The molecule has 3 heteroatoms. The lowest BCUT2D eigenvalue weighted by atomic mass is 9.81. The molecule has 0 heterocycles. The summed E-state index contributed by atoms with van der Waals surface area (Å²) in [5, 5.41) is 9.31. The maximum absolute atomic E-state index is 12.6. The number of benzene rings is 1. The minimum atomic E-state index is -0.932. The second-order valence-corrected chi connectivity index (χ2v) is 7.03. The van der Waals surface area contributed by atoms with Crippen LogP contribution in [0.5, 0.6) is 0 Å². The fraction of sp³-hybridized carbons (Fsp3) is 0.562. The molecule has 1 aromatic carbocycles. The van der Waals surface area contributed by atoms with Crippen molar-refractivity contribution in [3.8, 4) is 6.07 Å². The van der Waals surface area contributed by atoms with Crippen molar-refractivity contribution in [1.29, 1.82) is 5.26 Å². The Morgan fingerprint density at radius 3 is 2.68 bits per heavy atom. The molecule has 4 atom stereocenters. The second-order valence-electron chi connectivity index (χ2n) is 5.37. The molecular weight excluding hydrogens is 254 g/mol. The summed E-state index contributed by atoms with van der Waals surface area (Å²) < 4.78 is 12.6.